The Bertz CT molecular complexity index is 846. The van der Waals surface area contributed by atoms with Crippen molar-refractivity contribution in [3.8, 4) is 11.3 Å². The van der Waals surface area contributed by atoms with E-state index in [4.69, 9.17) is 5.73 Å². The molecule has 1 aromatic heterocycles. The molecule has 25 heavy (non-hydrogen) atoms. The third kappa shape index (κ3) is 5.26. The Kier molecular flexibility index (Phi) is 5.90. The van der Waals surface area contributed by atoms with Crippen LogP contribution in [0.4, 0.5) is 0 Å². The second-order valence-corrected chi connectivity index (χ2v) is 6.17. The van der Waals surface area contributed by atoms with Crippen LogP contribution in [0.5, 0.6) is 0 Å². The first-order valence-corrected chi connectivity index (χ1v) is 8.69. The largest absolute Gasteiger partial charge is 0.377 e. The first kappa shape index (κ1) is 16.9. The quantitative estimate of drug-likeness (QED) is 0.433. The normalized spacial score (nSPS) is 11.8. The van der Waals surface area contributed by atoms with Gasteiger partial charge in [0.1, 0.15) is 6.33 Å². The lowest BCUT2D eigenvalue weighted by atomic mass is 10.1. The fourth-order valence-electron chi connectivity index (χ4n) is 2.11. The van der Waals surface area contributed by atoms with E-state index in [-0.39, 0.29) is 0 Å². The van der Waals surface area contributed by atoms with Gasteiger partial charge in [-0.3, -0.25) is 0 Å². The summed E-state index contributed by atoms with van der Waals surface area (Å²) in [5.41, 5.74) is 9.94. The molecule has 0 aliphatic carbocycles. The zero-order valence-corrected chi connectivity index (χ0v) is 14.3. The van der Waals surface area contributed by atoms with Crippen LogP contribution in [0.15, 0.2) is 83.4 Å². The van der Waals surface area contributed by atoms with Crippen LogP contribution in [0.2, 0.25) is 0 Å². The molecule has 0 unspecified atom stereocenters. The van der Waals surface area contributed by atoms with Crippen molar-refractivity contribution in [2.24, 2.45) is 15.9 Å². The van der Waals surface area contributed by atoms with Crippen molar-refractivity contribution in [3.05, 3.63) is 84.3 Å². The molecule has 0 aliphatic heterocycles. The van der Waals surface area contributed by atoms with E-state index in [1.54, 1.807) is 12.4 Å². The molecule has 2 aromatic carbocycles. The molecule has 5 nitrogen and oxygen atoms in total. The average Bonchev–Trinajstić information content (AvgIpc) is 2.68. The lowest BCUT2D eigenvalue weighted by molar-refractivity contribution is 1.17. The Hall–Kier alpha value is -2.99. The number of nitrogens with zero attached hydrogens (tertiary/aromatic N) is 4. The van der Waals surface area contributed by atoms with Gasteiger partial charge in [-0.1, -0.05) is 66.4 Å². The molecule has 0 radical (unpaired) electrons. The molecule has 0 saturated carbocycles. The molecule has 124 valence electrons. The predicted octanol–water partition coefficient (Wildman–Crippen LogP) is 3.73. The summed E-state index contributed by atoms with van der Waals surface area (Å²) in [6, 6.07) is 19.9. The van der Waals surface area contributed by atoms with Gasteiger partial charge in [-0.2, -0.15) is 5.10 Å². The molecule has 6 heteroatoms. The van der Waals surface area contributed by atoms with Gasteiger partial charge in [-0.15, -0.1) is 5.10 Å². The number of thioether (sulfide) groups is 1. The summed E-state index contributed by atoms with van der Waals surface area (Å²) in [5, 5.41) is 8.51. The van der Waals surface area contributed by atoms with Crippen LogP contribution in [0.1, 0.15) is 11.1 Å². The minimum absolute atomic E-state index is 0.442. The smallest absolute Gasteiger partial charge is 0.180 e. The minimum atomic E-state index is 0.442. The van der Waals surface area contributed by atoms with Gasteiger partial charge in [0.15, 0.2) is 5.17 Å². The zero-order chi connectivity index (χ0) is 17.3. The Morgan fingerprint density at radius 2 is 1.84 bits per heavy atom. The summed E-state index contributed by atoms with van der Waals surface area (Å²) >= 11 is 1.46. The Balaban J connectivity index is 1.56. The maximum Gasteiger partial charge on any atom is 0.180 e. The molecule has 0 aliphatic rings. The summed E-state index contributed by atoms with van der Waals surface area (Å²) in [7, 11) is 0. The van der Waals surface area contributed by atoms with Crippen molar-refractivity contribution in [1.29, 1.82) is 0 Å². The fourth-order valence-corrected chi connectivity index (χ4v) is 2.73. The first-order chi connectivity index (χ1) is 12.3. The van der Waals surface area contributed by atoms with E-state index in [2.05, 4.69) is 32.3 Å². The van der Waals surface area contributed by atoms with E-state index >= 15 is 0 Å². The van der Waals surface area contributed by atoms with Gasteiger partial charge in [-0.05, 0) is 17.2 Å². The van der Waals surface area contributed by atoms with Crippen molar-refractivity contribution >= 4 is 23.1 Å². The van der Waals surface area contributed by atoms with Crippen molar-refractivity contribution in [1.82, 2.24) is 9.97 Å². The summed E-state index contributed by atoms with van der Waals surface area (Å²) in [4.78, 5) is 8.14. The summed E-state index contributed by atoms with van der Waals surface area (Å²) in [5.74, 6) is 0.777. The molecule has 0 bridgehead atoms. The van der Waals surface area contributed by atoms with E-state index in [0.717, 1.165) is 22.6 Å². The fraction of sp³-hybridized carbons (Fsp3) is 0.0526. The van der Waals surface area contributed by atoms with Crippen LogP contribution in [0, 0.1) is 0 Å². The van der Waals surface area contributed by atoms with Crippen LogP contribution < -0.4 is 5.73 Å². The average molecular weight is 347 g/mol. The number of nitrogens with two attached hydrogens (primary N) is 1. The Morgan fingerprint density at radius 3 is 2.56 bits per heavy atom. The van der Waals surface area contributed by atoms with Gasteiger partial charge in [0.2, 0.25) is 0 Å². The van der Waals surface area contributed by atoms with Gasteiger partial charge in [0, 0.05) is 17.5 Å². The van der Waals surface area contributed by atoms with Gasteiger partial charge in [0.05, 0.1) is 11.9 Å². The van der Waals surface area contributed by atoms with Crippen molar-refractivity contribution < 1.29 is 0 Å². The molecule has 0 saturated heterocycles. The molecular weight excluding hydrogens is 330 g/mol. The molecular formula is C19H17N5S. The second-order valence-electron chi connectivity index (χ2n) is 5.17. The minimum Gasteiger partial charge on any atom is -0.377 e. The number of amidine groups is 1. The summed E-state index contributed by atoms with van der Waals surface area (Å²) in [6.45, 7) is 0. The molecule has 3 aromatic rings. The SMILES string of the molecule is NC(=NN=Cc1ccc(-c2ccncn2)cc1)SCc1ccccc1. The maximum atomic E-state index is 5.87. The molecule has 2 N–H and O–H groups in total. The molecule has 0 atom stereocenters. The van der Waals surface area contributed by atoms with E-state index in [9.17, 15) is 0 Å². The number of hydrogen-bond acceptors (Lipinski definition) is 5. The van der Waals surface area contributed by atoms with Crippen molar-refractivity contribution in [2.75, 3.05) is 0 Å². The number of benzene rings is 2. The molecule has 0 amide bonds. The summed E-state index contributed by atoms with van der Waals surface area (Å²) in [6.07, 6.45) is 4.94. The van der Waals surface area contributed by atoms with Crippen LogP contribution in [-0.4, -0.2) is 21.4 Å². The van der Waals surface area contributed by atoms with Crippen molar-refractivity contribution in [2.45, 2.75) is 5.75 Å². The third-order valence-electron chi connectivity index (χ3n) is 3.38. The highest BCUT2D eigenvalue weighted by atomic mass is 32.2. The van der Waals surface area contributed by atoms with Gasteiger partial charge in [-0.25, -0.2) is 9.97 Å². The first-order valence-electron chi connectivity index (χ1n) is 7.71. The molecule has 0 spiro atoms. The Morgan fingerprint density at radius 1 is 1.04 bits per heavy atom. The lowest BCUT2D eigenvalue weighted by Gasteiger charge is -2.00. The highest BCUT2D eigenvalue weighted by Crippen LogP contribution is 2.16. The highest BCUT2D eigenvalue weighted by molar-refractivity contribution is 8.13. The Labute approximate surface area is 150 Å². The van der Waals surface area contributed by atoms with Gasteiger partial charge < -0.3 is 5.73 Å². The van der Waals surface area contributed by atoms with Crippen LogP contribution >= 0.6 is 11.8 Å². The van der Waals surface area contributed by atoms with Crippen LogP contribution in [0.25, 0.3) is 11.3 Å². The van der Waals surface area contributed by atoms with Gasteiger partial charge >= 0.3 is 0 Å². The van der Waals surface area contributed by atoms with Crippen LogP contribution in [-0.2, 0) is 5.75 Å². The molecule has 1 heterocycles. The number of rotatable bonds is 5. The molecule has 3 rings (SSSR count). The van der Waals surface area contributed by atoms with E-state index in [0.29, 0.717) is 5.17 Å². The topological polar surface area (TPSA) is 76.5 Å². The summed E-state index contributed by atoms with van der Waals surface area (Å²) < 4.78 is 0. The third-order valence-corrected chi connectivity index (χ3v) is 4.24. The number of hydrogen-bond donors (Lipinski definition) is 1. The lowest BCUT2D eigenvalue weighted by Crippen LogP contribution is -2.05. The zero-order valence-electron chi connectivity index (χ0n) is 13.5. The van der Waals surface area contributed by atoms with E-state index in [1.807, 2.05) is 48.5 Å². The van der Waals surface area contributed by atoms with E-state index in [1.165, 1.54) is 23.7 Å². The predicted molar refractivity (Wildman–Crippen MR) is 104 cm³/mol. The highest BCUT2D eigenvalue weighted by Gasteiger charge is 1.98. The van der Waals surface area contributed by atoms with Crippen LogP contribution in [0.3, 0.4) is 0 Å². The standard InChI is InChI=1S/C19H17N5S/c20-19(25-13-16-4-2-1-3-5-16)24-23-12-15-6-8-17(9-7-15)18-10-11-21-14-22-18/h1-12,14H,13H2,(H2,20,24). The maximum absolute atomic E-state index is 5.87. The monoisotopic (exact) mass is 347 g/mol. The number of aromatic nitrogens is 2. The molecule has 0 fully saturated rings. The van der Waals surface area contributed by atoms with Gasteiger partial charge in [0.25, 0.3) is 0 Å². The second kappa shape index (κ2) is 8.75. The van der Waals surface area contributed by atoms with Crippen molar-refractivity contribution in [3.63, 3.8) is 0 Å². The van der Waals surface area contributed by atoms with E-state index < -0.39 is 0 Å².